The predicted molar refractivity (Wildman–Crippen MR) is 24.0 cm³/mol. The molecular formula is CH5N3O3Se. The van der Waals surface area contributed by atoms with E-state index in [1.807, 2.05) is 0 Å². The molecule has 0 heterocycles. The standard InChI is InChI=1S/CH5N3O3Se/c2-4-1(5)8(3,6)7/h2H2,(H,4,5)(H2,3,6,7). The van der Waals surface area contributed by atoms with Crippen LogP contribution in [0.3, 0.4) is 0 Å². The fraction of sp³-hybridized carbons (Fsp3) is 0. The summed E-state index contributed by atoms with van der Waals surface area (Å²) in [5.41, 5.74) is 1.39. The van der Waals surface area contributed by atoms with Gasteiger partial charge in [0.2, 0.25) is 0 Å². The number of nitrogens with one attached hydrogen (secondary N) is 1. The number of carbonyl (C=O) groups excluding carboxylic acids is 1. The van der Waals surface area contributed by atoms with Gasteiger partial charge >= 0.3 is 46.2 Å². The van der Waals surface area contributed by atoms with Crippen LogP contribution in [0.4, 0.5) is 4.79 Å². The van der Waals surface area contributed by atoms with E-state index in [0.29, 0.717) is 0 Å². The van der Waals surface area contributed by atoms with Gasteiger partial charge < -0.3 is 0 Å². The van der Waals surface area contributed by atoms with E-state index in [4.69, 9.17) is 0 Å². The van der Waals surface area contributed by atoms with Crippen LogP contribution in [0.2, 0.25) is 0 Å². The van der Waals surface area contributed by atoms with E-state index >= 15 is 0 Å². The normalized spacial score (nSPS) is 10.8. The summed E-state index contributed by atoms with van der Waals surface area (Å²) in [7, 11) is 0. The predicted octanol–water partition coefficient (Wildman–Crippen LogP) is -2.09. The first-order chi connectivity index (χ1) is 3.48. The Kier molecular flexibility index (Phi) is 2.05. The van der Waals surface area contributed by atoms with Gasteiger partial charge in [-0.05, 0) is 0 Å². The zero-order valence-electron chi connectivity index (χ0n) is 3.79. The molecule has 0 fully saturated rings. The summed E-state index contributed by atoms with van der Waals surface area (Å²) < 4.78 is 24.2. The van der Waals surface area contributed by atoms with E-state index in [9.17, 15) is 12.5 Å². The second kappa shape index (κ2) is 2.19. The van der Waals surface area contributed by atoms with Gasteiger partial charge in [0, 0.05) is 0 Å². The summed E-state index contributed by atoms with van der Waals surface area (Å²) in [6, 6.07) is 0. The number of hydrogen-bond donors (Lipinski definition) is 3. The van der Waals surface area contributed by atoms with Gasteiger partial charge in [-0.15, -0.1) is 0 Å². The van der Waals surface area contributed by atoms with Crippen LogP contribution in [0.5, 0.6) is 0 Å². The van der Waals surface area contributed by atoms with Gasteiger partial charge in [-0.25, -0.2) is 0 Å². The van der Waals surface area contributed by atoms with E-state index in [-0.39, 0.29) is 0 Å². The van der Waals surface area contributed by atoms with Gasteiger partial charge in [0.15, 0.2) is 0 Å². The third kappa shape index (κ3) is 1.99. The van der Waals surface area contributed by atoms with Gasteiger partial charge in [0.1, 0.15) is 0 Å². The van der Waals surface area contributed by atoms with Crippen molar-refractivity contribution in [3.8, 4) is 0 Å². The van der Waals surface area contributed by atoms with Gasteiger partial charge in [-0.2, -0.15) is 0 Å². The van der Waals surface area contributed by atoms with Crippen LogP contribution in [0.1, 0.15) is 0 Å². The maximum atomic E-state index is 9.92. The van der Waals surface area contributed by atoms with Crippen molar-refractivity contribution in [2.24, 2.45) is 10.6 Å². The van der Waals surface area contributed by atoms with Crippen LogP contribution in [0, 0.1) is 0 Å². The van der Waals surface area contributed by atoms with Crippen molar-refractivity contribution in [1.82, 2.24) is 5.43 Å². The average Bonchev–Trinajstić information content (AvgIpc) is 1.62. The first-order valence-corrected chi connectivity index (χ1v) is 4.76. The Labute approximate surface area is 47.0 Å². The van der Waals surface area contributed by atoms with E-state index in [0.717, 1.165) is 0 Å². The van der Waals surface area contributed by atoms with Crippen LogP contribution >= 0.6 is 0 Å². The summed E-state index contributed by atoms with van der Waals surface area (Å²) in [5.74, 6) is 4.42. The Balaban J connectivity index is 4.29. The third-order valence-corrected chi connectivity index (χ3v) is 1.71. The molecule has 0 aromatic heterocycles. The minimum atomic E-state index is -4.79. The van der Waals surface area contributed by atoms with Crippen LogP contribution in [-0.4, -0.2) is 17.7 Å². The Morgan fingerprint density at radius 3 is 1.88 bits per heavy atom. The molecule has 48 valence electrons. The topological polar surface area (TPSA) is 115 Å². The molecule has 0 atom stereocenters. The summed E-state index contributed by atoms with van der Waals surface area (Å²) in [4.78, 5) is 8.60. The van der Waals surface area contributed by atoms with Gasteiger partial charge in [0.25, 0.3) is 0 Å². The van der Waals surface area contributed by atoms with E-state index in [1.165, 1.54) is 5.43 Å². The molecule has 8 heavy (non-hydrogen) atoms. The number of hydrazine groups is 1. The van der Waals surface area contributed by atoms with E-state index in [2.05, 4.69) is 10.6 Å². The fourth-order valence-electron chi connectivity index (χ4n) is 0.0821. The molecule has 0 spiro atoms. The molecule has 0 saturated carbocycles. The van der Waals surface area contributed by atoms with E-state index in [1.54, 1.807) is 0 Å². The van der Waals surface area contributed by atoms with Crippen molar-refractivity contribution < 1.29 is 12.5 Å². The molecule has 1 amide bonds. The van der Waals surface area contributed by atoms with Gasteiger partial charge in [0.05, 0.1) is 0 Å². The summed E-state index contributed by atoms with van der Waals surface area (Å²) in [6.45, 7) is 0. The molecule has 0 aromatic carbocycles. The van der Waals surface area contributed by atoms with Crippen LogP contribution in [0.25, 0.3) is 0 Å². The number of hydrogen-bond acceptors (Lipinski definition) is 4. The molecule has 6 nitrogen and oxygen atoms in total. The summed E-state index contributed by atoms with van der Waals surface area (Å²) in [5, 5.41) is 0. The van der Waals surface area contributed by atoms with Crippen molar-refractivity contribution in [2.45, 2.75) is 0 Å². The second-order valence-corrected chi connectivity index (χ2v) is 4.04. The molecule has 0 rings (SSSR count). The van der Waals surface area contributed by atoms with E-state index < -0.39 is 17.7 Å². The Bertz CT molecular complexity index is 181. The number of rotatable bonds is 1. The zero-order valence-corrected chi connectivity index (χ0v) is 5.50. The van der Waals surface area contributed by atoms with Crippen molar-refractivity contribution >= 4 is 17.7 Å². The number of amides is 1. The maximum absolute atomic E-state index is 9.92. The molecule has 0 radical (unpaired) electrons. The monoisotopic (exact) mass is 187 g/mol. The SMILES string of the molecule is NNC(=O)[Se](N)(=O)=O. The molecule has 0 aliphatic carbocycles. The average molecular weight is 186 g/mol. The molecule has 0 unspecified atom stereocenters. The summed E-state index contributed by atoms with van der Waals surface area (Å²) >= 11 is -4.79. The number of nitrogens with two attached hydrogens (primary N) is 2. The molecule has 5 N–H and O–H groups in total. The van der Waals surface area contributed by atoms with Crippen LogP contribution in [0.15, 0.2) is 0 Å². The van der Waals surface area contributed by atoms with Crippen molar-refractivity contribution in [1.29, 1.82) is 0 Å². The van der Waals surface area contributed by atoms with Gasteiger partial charge in [-0.1, -0.05) is 0 Å². The Hall–Kier alpha value is -0.491. The fourth-order valence-corrected chi connectivity index (χ4v) is 0.427. The molecule has 0 aromatic rings. The van der Waals surface area contributed by atoms with Crippen molar-refractivity contribution in [3.63, 3.8) is 0 Å². The van der Waals surface area contributed by atoms with Crippen LogP contribution in [-0.2, 0) is 7.67 Å². The molecule has 0 aliphatic heterocycles. The quantitative estimate of drug-likeness (QED) is 0.188. The summed E-state index contributed by atoms with van der Waals surface area (Å²) in [6.07, 6.45) is 0. The first-order valence-electron chi connectivity index (χ1n) is 1.52. The first kappa shape index (κ1) is 7.51. The second-order valence-electron chi connectivity index (χ2n) is 0.977. The zero-order chi connectivity index (χ0) is 6.78. The molecule has 0 bridgehead atoms. The Morgan fingerprint density at radius 1 is 1.50 bits per heavy atom. The molecule has 0 aliphatic rings. The molecule has 0 saturated heterocycles. The third-order valence-electron chi connectivity index (χ3n) is 0.376. The van der Waals surface area contributed by atoms with Crippen molar-refractivity contribution in [3.05, 3.63) is 0 Å². The van der Waals surface area contributed by atoms with Crippen LogP contribution < -0.4 is 16.0 Å². The van der Waals surface area contributed by atoms with Crippen molar-refractivity contribution in [2.75, 3.05) is 0 Å². The molecule has 7 heteroatoms. The Morgan fingerprint density at radius 2 is 1.88 bits per heavy atom. The minimum absolute atomic E-state index is 1.32. The number of carbonyl (C=O) groups is 1. The van der Waals surface area contributed by atoms with Gasteiger partial charge in [-0.3, -0.25) is 0 Å². The molecular weight excluding hydrogens is 181 g/mol.